The number of benzene rings is 1. The maximum atomic E-state index is 12.7. The normalized spacial score (nSPS) is 24.2. The smallest absolute Gasteiger partial charge is 0.322 e. The Morgan fingerprint density at radius 2 is 2.00 bits per heavy atom. The number of nitrogens with zero attached hydrogens (tertiary/aromatic N) is 1. The van der Waals surface area contributed by atoms with Gasteiger partial charge >= 0.3 is 6.03 Å². The van der Waals surface area contributed by atoms with Crippen LogP contribution in [-0.2, 0) is 9.59 Å². The Kier molecular flexibility index (Phi) is 4.30. The van der Waals surface area contributed by atoms with Gasteiger partial charge in [0.25, 0.3) is 5.91 Å². The molecule has 1 aromatic rings. The van der Waals surface area contributed by atoms with Crippen LogP contribution in [0.15, 0.2) is 24.3 Å². The van der Waals surface area contributed by atoms with E-state index in [1.807, 2.05) is 6.92 Å². The van der Waals surface area contributed by atoms with E-state index in [9.17, 15) is 14.4 Å². The summed E-state index contributed by atoms with van der Waals surface area (Å²) in [5, 5.41) is 4.94. The van der Waals surface area contributed by atoms with Gasteiger partial charge in [-0.05, 0) is 31.2 Å². The Balaban J connectivity index is 1.65. The number of likely N-dealkylation sites (tertiary alicyclic amines) is 1. The molecule has 2 aliphatic rings. The fourth-order valence-electron chi connectivity index (χ4n) is 3.51. The molecule has 2 aliphatic heterocycles. The van der Waals surface area contributed by atoms with E-state index >= 15 is 0 Å². The maximum absolute atomic E-state index is 12.7. The summed E-state index contributed by atoms with van der Waals surface area (Å²) < 4.78 is 0. The van der Waals surface area contributed by atoms with Crippen molar-refractivity contribution in [1.29, 1.82) is 0 Å². The molecule has 1 spiro atoms. The summed E-state index contributed by atoms with van der Waals surface area (Å²) in [6, 6.07) is 7.80. The summed E-state index contributed by atoms with van der Waals surface area (Å²) in [6.07, 6.45) is 1.77. The van der Waals surface area contributed by atoms with E-state index in [-0.39, 0.29) is 24.3 Å². The van der Waals surface area contributed by atoms with Crippen LogP contribution < -0.4 is 10.6 Å². The number of carbonyl (C=O) groups is 3. The lowest BCUT2D eigenvalue weighted by Gasteiger charge is -2.23. The molecule has 0 bridgehead atoms. The van der Waals surface area contributed by atoms with Gasteiger partial charge in [-0.15, -0.1) is 0 Å². The number of urea groups is 1. The van der Waals surface area contributed by atoms with E-state index in [1.165, 1.54) is 5.56 Å². The SMILES string of the molecule is CC[C@@H](CC(=O)N1CC[C@]2(C1)NC(=O)NC2=O)c1ccc(C)cc1. The van der Waals surface area contributed by atoms with Crippen LogP contribution in [0.1, 0.15) is 43.2 Å². The third-order valence-electron chi connectivity index (χ3n) is 5.10. The van der Waals surface area contributed by atoms with Gasteiger partial charge in [-0.2, -0.15) is 0 Å². The Morgan fingerprint density at radius 3 is 2.58 bits per heavy atom. The number of imide groups is 1. The Morgan fingerprint density at radius 1 is 1.29 bits per heavy atom. The number of rotatable bonds is 4. The number of amides is 4. The predicted molar refractivity (Wildman–Crippen MR) is 89.4 cm³/mol. The third kappa shape index (κ3) is 3.00. The van der Waals surface area contributed by atoms with Crippen molar-refractivity contribution in [3.63, 3.8) is 0 Å². The molecule has 1 aromatic carbocycles. The lowest BCUT2D eigenvalue weighted by molar-refractivity contribution is -0.131. The first-order chi connectivity index (χ1) is 11.4. The van der Waals surface area contributed by atoms with Gasteiger partial charge in [0.05, 0.1) is 6.54 Å². The second-order valence-corrected chi connectivity index (χ2v) is 6.78. The van der Waals surface area contributed by atoms with Gasteiger partial charge in [0.15, 0.2) is 0 Å². The van der Waals surface area contributed by atoms with Crippen LogP contribution >= 0.6 is 0 Å². The van der Waals surface area contributed by atoms with Crippen molar-refractivity contribution in [1.82, 2.24) is 15.5 Å². The average Bonchev–Trinajstić information content (AvgIpc) is 3.10. The van der Waals surface area contributed by atoms with Crippen molar-refractivity contribution in [3.05, 3.63) is 35.4 Å². The molecule has 128 valence electrons. The highest BCUT2D eigenvalue weighted by Gasteiger charge is 2.51. The Hall–Kier alpha value is -2.37. The van der Waals surface area contributed by atoms with Crippen molar-refractivity contribution in [2.24, 2.45) is 0 Å². The fraction of sp³-hybridized carbons (Fsp3) is 0.500. The van der Waals surface area contributed by atoms with Crippen LogP contribution in [0, 0.1) is 6.92 Å². The lowest BCUT2D eigenvalue weighted by Crippen LogP contribution is -2.49. The molecule has 0 saturated carbocycles. The van der Waals surface area contributed by atoms with E-state index in [0.717, 1.165) is 12.0 Å². The number of aryl methyl sites for hydroxylation is 1. The minimum absolute atomic E-state index is 0.0354. The number of nitrogens with one attached hydrogen (secondary N) is 2. The molecule has 2 saturated heterocycles. The maximum Gasteiger partial charge on any atom is 0.322 e. The van der Waals surface area contributed by atoms with Gasteiger partial charge < -0.3 is 10.2 Å². The first-order valence-electron chi connectivity index (χ1n) is 8.41. The van der Waals surface area contributed by atoms with Gasteiger partial charge in [0.1, 0.15) is 5.54 Å². The molecule has 2 heterocycles. The lowest BCUT2D eigenvalue weighted by atomic mass is 9.92. The van der Waals surface area contributed by atoms with Crippen LogP contribution in [0.25, 0.3) is 0 Å². The highest BCUT2D eigenvalue weighted by molar-refractivity contribution is 6.07. The van der Waals surface area contributed by atoms with Crippen molar-refractivity contribution in [2.75, 3.05) is 13.1 Å². The molecule has 24 heavy (non-hydrogen) atoms. The van der Waals surface area contributed by atoms with Crippen molar-refractivity contribution < 1.29 is 14.4 Å². The molecule has 0 aliphatic carbocycles. The average molecular weight is 329 g/mol. The summed E-state index contributed by atoms with van der Waals surface area (Å²) >= 11 is 0. The number of hydrogen-bond acceptors (Lipinski definition) is 3. The molecule has 6 heteroatoms. The summed E-state index contributed by atoms with van der Waals surface area (Å²) in [4.78, 5) is 37.7. The number of hydrogen-bond donors (Lipinski definition) is 2. The van der Waals surface area contributed by atoms with Gasteiger partial charge in [-0.3, -0.25) is 14.9 Å². The molecule has 4 amide bonds. The number of carbonyl (C=O) groups excluding carboxylic acids is 3. The van der Waals surface area contributed by atoms with Gasteiger partial charge in [0.2, 0.25) is 5.91 Å². The molecule has 0 radical (unpaired) electrons. The van der Waals surface area contributed by atoms with Crippen LogP contribution in [0.2, 0.25) is 0 Å². The summed E-state index contributed by atoms with van der Waals surface area (Å²) in [5.41, 5.74) is 1.43. The minimum atomic E-state index is -0.932. The molecule has 2 N–H and O–H groups in total. The Bertz CT molecular complexity index is 671. The molecule has 2 fully saturated rings. The second-order valence-electron chi connectivity index (χ2n) is 6.78. The third-order valence-corrected chi connectivity index (χ3v) is 5.10. The van der Waals surface area contributed by atoms with Crippen molar-refractivity contribution in [3.8, 4) is 0 Å². The standard InChI is InChI=1S/C18H23N3O3/c1-3-13(14-6-4-12(2)5-7-14)10-15(22)21-9-8-18(11-21)16(23)19-17(24)20-18/h4-7,13H,3,8-11H2,1-2H3,(H2,19,20,23,24)/t13-,18+/m0/s1. The Labute approximate surface area is 141 Å². The highest BCUT2D eigenvalue weighted by atomic mass is 16.2. The van der Waals surface area contributed by atoms with E-state index < -0.39 is 11.6 Å². The monoisotopic (exact) mass is 329 g/mol. The minimum Gasteiger partial charge on any atom is -0.340 e. The van der Waals surface area contributed by atoms with Crippen molar-refractivity contribution in [2.45, 2.75) is 44.6 Å². The zero-order valence-corrected chi connectivity index (χ0v) is 14.1. The predicted octanol–water partition coefficient (Wildman–Crippen LogP) is 1.69. The molecule has 6 nitrogen and oxygen atoms in total. The largest absolute Gasteiger partial charge is 0.340 e. The van der Waals surface area contributed by atoms with Gasteiger partial charge in [-0.25, -0.2) is 4.79 Å². The van der Waals surface area contributed by atoms with Gasteiger partial charge in [-0.1, -0.05) is 36.8 Å². The van der Waals surface area contributed by atoms with E-state index in [4.69, 9.17) is 0 Å². The zero-order chi connectivity index (χ0) is 17.3. The topological polar surface area (TPSA) is 78.5 Å². The van der Waals surface area contributed by atoms with Gasteiger partial charge in [0, 0.05) is 13.0 Å². The molecule has 2 atom stereocenters. The summed E-state index contributed by atoms with van der Waals surface area (Å²) in [7, 11) is 0. The van der Waals surface area contributed by atoms with Crippen LogP contribution in [0.5, 0.6) is 0 Å². The molecule has 0 aromatic heterocycles. The quantitative estimate of drug-likeness (QED) is 0.825. The molecular weight excluding hydrogens is 306 g/mol. The second kappa shape index (κ2) is 6.26. The summed E-state index contributed by atoms with van der Waals surface area (Å²) in [5.74, 6) is -0.122. The van der Waals surface area contributed by atoms with E-state index in [1.54, 1.807) is 4.90 Å². The van der Waals surface area contributed by atoms with Crippen LogP contribution in [0.3, 0.4) is 0 Å². The summed E-state index contributed by atoms with van der Waals surface area (Å²) in [6.45, 7) is 4.87. The molecular formula is C18H23N3O3. The van der Waals surface area contributed by atoms with E-state index in [2.05, 4.69) is 41.8 Å². The van der Waals surface area contributed by atoms with E-state index in [0.29, 0.717) is 19.4 Å². The molecule has 3 rings (SSSR count). The fourth-order valence-corrected chi connectivity index (χ4v) is 3.51. The highest BCUT2D eigenvalue weighted by Crippen LogP contribution is 2.29. The first-order valence-corrected chi connectivity index (χ1v) is 8.41. The zero-order valence-electron chi connectivity index (χ0n) is 14.1. The van der Waals surface area contributed by atoms with Crippen LogP contribution in [-0.4, -0.2) is 41.4 Å². The van der Waals surface area contributed by atoms with Crippen molar-refractivity contribution >= 4 is 17.8 Å². The van der Waals surface area contributed by atoms with Crippen LogP contribution in [0.4, 0.5) is 4.79 Å². The first kappa shape index (κ1) is 16.5. The molecule has 0 unspecified atom stereocenters.